The lowest BCUT2D eigenvalue weighted by molar-refractivity contribution is -0.132. The summed E-state index contributed by atoms with van der Waals surface area (Å²) in [5.74, 6) is 0.226. The van der Waals surface area contributed by atoms with Crippen LogP contribution in [-0.4, -0.2) is 57.0 Å². The van der Waals surface area contributed by atoms with E-state index in [1.807, 2.05) is 42.5 Å². The molecule has 5 nitrogen and oxygen atoms in total. The van der Waals surface area contributed by atoms with E-state index in [1.54, 1.807) is 12.0 Å². The molecule has 1 amide bonds. The number of nitrogens with zero attached hydrogens (tertiary/aromatic N) is 1. The minimum atomic E-state index is -3.03. The van der Waals surface area contributed by atoms with Gasteiger partial charge in [-0.15, -0.1) is 0 Å². The lowest BCUT2D eigenvalue weighted by atomic mass is 10.0. The minimum absolute atomic E-state index is 0.0153. The number of methoxy groups -OCH3 is 1. The summed E-state index contributed by atoms with van der Waals surface area (Å²) >= 11 is 0. The van der Waals surface area contributed by atoms with Gasteiger partial charge in [0.05, 0.1) is 17.9 Å². The molecule has 0 N–H and O–H groups in total. The Balaban J connectivity index is 1.75. The van der Waals surface area contributed by atoms with Crippen molar-refractivity contribution in [1.82, 2.24) is 4.90 Å². The van der Waals surface area contributed by atoms with Gasteiger partial charge >= 0.3 is 0 Å². The maximum Gasteiger partial charge on any atom is 0.227 e. The Labute approximate surface area is 154 Å². The Bertz CT molecular complexity index is 878. The normalized spacial score (nSPS) is 18.9. The van der Waals surface area contributed by atoms with Crippen LogP contribution in [0.3, 0.4) is 0 Å². The van der Waals surface area contributed by atoms with Gasteiger partial charge in [-0.05, 0) is 29.2 Å². The van der Waals surface area contributed by atoms with Gasteiger partial charge in [0, 0.05) is 26.3 Å². The molecule has 1 fully saturated rings. The van der Waals surface area contributed by atoms with Crippen LogP contribution < -0.4 is 0 Å². The second-order valence-corrected chi connectivity index (χ2v) is 9.08. The third-order valence-electron chi connectivity index (χ3n) is 4.89. The summed E-state index contributed by atoms with van der Waals surface area (Å²) in [6.07, 6.45) is 1.52. The number of hydrogen-bond donors (Lipinski definition) is 0. The zero-order chi connectivity index (χ0) is 18.6. The Morgan fingerprint density at radius 2 is 1.96 bits per heavy atom. The Kier molecular flexibility index (Phi) is 5.94. The van der Waals surface area contributed by atoms with E-state index in [0.29, 0.717) is 26.0 Å². The monoisotopic (exact) mass is 375 g/mol. The van der Waals surface area contributed by atoms with E-state index in [-0.39, 0.29) is 29.9 Å². The second kappa shape index (κ2) is 8.18. The van der Waals surface area contributed by atoms with Crippen LogP contribution in [0, 0.1) is 0 Å². The molecule has 3 rings (SSSR count). The molecular weight excluding hydrogens is 350 g/mol. The minimum Gasteiger partial charge on any atom is -0.385 e. The molecule has 1 aliphatic rings. The van der Waals surface area contributed by atoms with Crippen LogP contribution in [0.2, 0.25) is 0 Å². The van der Waals surface area contributed by atoms with Crippen molar-refractivity contribution in [2.75, 3.05) is 31.8 Å². The summed E-state index contributed by atoms with van der Waals surface area (Å²) in [7, 11) is -1.41. The topological polar surface area (TPSA) is 63.7 Å². The third kappa shape index (κ3) is 4.62. The number of sulfone groups is 1. The largest absolute Gasteiger partial charge is 0.385 e. The van der Waals surface area contributed by atoms with Gasteiger partial charge in [-0.25, -0.2) is 8.42 Å². The summed E-state index contributed by atoms with van der Waals surface area (Å²) in [4.78, 5) is 14.7. The quantitative estimate of drug-likeness (QED) is 0.697. The van der Waals surface area contributed by atoms with Crippen LogP contribution in [0.5, 0.6) is 0 Å². The van der Waals surface area contributed by atoms with Gasteiger partial charge in [0.15, 0.2) is 9.84 Å². The Morgan fingerprint density at radius 3 is 2.65 bits per heavy atom. The molecule has 0 spiro atoms. The SMILES string of the molecule is COCCCN(C(=O)Cc1ccc2ccccc2c1)C1CCS(=O)(=O)C1. The van der Waals surface area contributed by atoms with Crippen molar-refractivity contribution in [1.29, 1.82) is 0 Å². The number of carbonyl (C=O) groups is 1. The number of carbonyl (C=O) groups excluding carboxylic acids is 1. The first-order chi connectivity index (χ1) is 12.5. The van der Waals surface area contributed by atoms with Gasteiger partial charge in [-0.2, -0.15) is 0 Å². The lowest BCUT2D eigenvalue weighted by Crippen LogP contribution is -2.42. The van der Waals surface area contributed by atoms with Crippen LogP contribution >= 0.6 is 0 Å². The van der Waals surface area contributed by atoms with Gasteiger partial charge in [-0.3, -0.25) is 4.79 Å². The summed E-state index contributed by atoms with van der Waals surface area (Å²) < 4.78 is 28.8. The number of fused-ring (bicyclic) bond motifs is 1. The van der Waals surface area contributed by atoms with E-state index in [9.17, 15) is 13.2 Å². The zero-order valence-corrected chi connectivity index (χ0v) is 15.9. The van der Waals surface area contributed by atoms with Crippen molar-refractivity contribution in [3.63, 3.8) is 0 Å². The molecule has 1 saturated heterocycles. The highest BCUT2D eigenvalue weighted by molar-refractivity contribution is 7.91. The average Bonchev–Trinajstić information content (AvgIpc) is 2.98. The molecule has 2 aromatic rings. The van der Waals surface area contributed by atoms with Crippen molar-refractivity contribution in [3.05, 3.63) is 48.0 Å². The first-order valence-corrected chi connectivity index (χ1v) is 10.8. The first-order valence-electron chi connectivity index (χ1n) is 8.95. The van der Waals surface area contributed by atoms with Gasteiger partial charge in [-0.1, -0.05) is 42.5 Å². The highest BCUT2D eigenvalue weighted by atomic mass is 32.2. The number of benzene rings is 2. The molecule has 0 bridgehead atoms. The summed E-state index contributed by atoms with van der Waals surface area (Å²) in [5, 5.41) is 2.25. The maximum atomic E-state index is 12.9. The van der Waals surface area contributed by atoms with Crippen LogP contribution in [-0.2, 0) is 25.8 Å². The van der Waals surface area contributed by atoms with E-state index in [2.05, 4.69) is 0 Å². The van der Waals surface area contributed by atoms with Gasteiger partial charge in [0.1, 0.15) is 0 Å². The lowest BCUT2D eigenvalue weighted by Gasteiger charge is -2.28. The van der Waals surface area contributed by atoms with Crippen molar-refractivity contribution in [2.45, 2.75) is 25.3 Å². The molecule has 26 heavy (non-hydrogen) atoms. The summed E-state index contributed by atoms with van der Waals surface area (Å²) in [5.41, 5.74) is 0.950. The predicted octanol–water partition coefficient (Wildman–Crippen LogP) is 2.43. The van der Waals surface area contributed by atoms with Crippen molar-refractivity contribution in [2.24, 2.45) is 0 Å². The molecule has 0 radical (unpaired) electrons. The summed E-state index contributed by atoms with van der Waals surface area (Å²) in [6.45, 7) is 1.08. The molecule has 1 heterocycles. The number of hydrogen-bond acceptors (Lipinski definition) is 4. The smallest absolute Gasteiger partial charge is 0.227 e. The fourth-order valence-corrected chi connectivity index (χ4v) is 5.27. The number of rotatable bonds is 7. The average molecular weight is 375 g/mol. The van der Waals surface area contributed by atoms with Crippen LogP contribution in [0.1, 0.15) is 18.4 Å². The molecule has 140 valence electrons. The molecule has 1 aliphatic heterocycles. The van der Waals surface area contributed by atoms with Crippen LogP contribution in [0.4, 0.5) is 0 Å². The van der Waals surface area contributed by atoms with Crippen molar-refractivity contribution < 1.29 is 17.9 Å². The first kappa shape index (κ1) is 18.9. The molecule has 2 aromatic carbocycles. The highest BCUT2D eigenvalue weighted by Crippen LogP contribution is 2.21. The Hall–Kier alpha value is -1.92. The van der Waals surface area contributed by atoms with Gasteiger partial charge in [0.2, 0.25) is 5.91 Å². The van der Waals surface area contributed by atoms with Crippen molar-refractivity contribution in [3.8, 4) is 0 Å². The van der Waals surface area contributed by atoms with Crippen LogP contribution in [0.25, 0.3) is 10.8 Å². The Morgan fingerprint density at radius 1 is 1.19 bits per heavy atom. The van der Waals surface area contributed by atoms with E-state index in [0.717, 1.165) is 16.3 Å². The zero-order valence-electron chi connectivity index (χ0n) is 15.1. The molecule has 1 atom stereocenters. The number of ether oxygens (including phenoxy) is 1. The number of amides is 1. The van der Waals surface area contributed by atoms with Gasteiger partial charge in [0.25, 0.3) is 0 Å². The third-order valence-corrected chi connectivity index (χ3v) is 6.64. The molecule has 1 unspecified atom stereocenters. The highest BCUT2D eigenvalue weighted by Gasteiger charge is 2.34. The molecule has 0 saturated carbocycles. The standard InChI is InChI=1S/C20H25NO4S/c1-25-11-4-10-21(19-9-12-26(23,24)15-19)20(22)14-16-7-8-17-5-2-3-6-18(17)13-16/h2-3,5-8,13,19H,4,9-12,14-15H2,1H3. The fourth-order valence-electron chi connectivity index (χ4n) is 3.54. The molecular formula is C20H25NO4S. The molecule has 0 aliphatic carbocycles. The molecule has 6 heteroatoms. The maximum absolute atomic E-state index is 12.9. The van der Waals surface area contributed by atoms with Crippen LogP contribution in [0.15, 0.2) is 42.5 Å². The molecule has 0 aromatic heterocycles. The van der Waals surface area contributed by atoms with E-state index in [1.165, 1.54) is 0 Å². The fraction of sp³-hybridized carbons (Fsp3) is 0.450. The van der Waals surface area contributed by atoms with Crippen molar-refractivity contribution >= 4 is 26.5 Å². The summed E-state index contributed by atoms with van der Waals surface area (Å²) in [6, 6.07) is 13.9. The van der Waals surface area contributed by atoms with Gasteiger partial charge < -0.3 is 9.64 Å². The van der Waals surface area contributed by atoms with E-state index >= 15 is 0 Å². The van der Waals surface area contributed by atoms with E-state index < -0.39 is 9.84 Å². The predicted molar refractivity (Wildman–Crippen MR) is 103 cm³/mol. The second-order valence-electron chi connectivity index (χ2n) is 6.85. The van der Waals surface area contributed by atoms with E-state index in [4.69, 9.17) is 4.74 Å².